The number of aryl methyl sites for hydroxylation is 2. The second kappa shape index (κ2) is 3.66. The van der Waals surface area contributed by atoms with Crippen molar-refractivity contribution in [3.05, 3.63) is 5.82 Å². The maximum atomic E-state index is 8.25. The average Bonchev–Trinajstić information content (AvgIpc) is 2.37. The van der Waals surface area contributed by atoms with Crippen molar-refractivity contribution in [3.63, 3.8) is 0 Å². The van der Waals surface area contributed by atoms with Crippen LogP contribution >= 0.6 is 0 Å². The SMILES string of the molecule is Cc1nnnn1CCCC#N. The van der Waals surface area contributed by atoms with E-state index in [-0.39, 0.29) is 0 Å². The molecule has 5 nitrogen and oxygen atoms in total. The smallest absolute Gasteiger partial charge is 0.148 e. The minimum Gasteiger partial charge on any atom is -0.230 e. The number of unbranched alkanes of at least 4 members (excludes halogenated alkanes) is 1. The molecule has 0 spiro atoms. The molecule has 0 aliphatic heterocycles. The third-order valence-corrected chi connectivity index (χ3v) is 1.37. The highest BCUT2D eigenvalue weighted by molar-refractivity contribution is 4.74. The van der Waals surface area contributed by atoms with Crippen molar-refractivity contribution in [2.24, 2.45) is 0 Å². The predicted octanol–water partition coefficient (Wildman–Crippen LogP) is 0.285. The summed E-state index contributed by atoms with van der Waals surface area (Å²) in [4.78, 5) is 0. The first kappa shape index (κ1) is 7.66. The number of aromatic nitrogens is 4. The van der Waals surface area contributed by atoms with Crippen LogP contribution in [0.5, 0.6) is 0 Å². The van der Waals surface area contributed by atoms with Gasteiger partial charge in [-0.25, -0.2) is 4.68 Å². The summed E-state index contributed by atoms with van der Waals surface area (Å²) in [5.41, 5.74) is 0. The van der Waals surface area contributed by atoms with Gasteiger partial charge in [-0.3, -0.25) is 0 Å². The van der Waals surface area contributed by atoms with Gasteiger partial charge in [0.15, 0.2) is 0 Å². The van der Waals surface area contributed by atoms with Crippen LogP contribution in [0.2, 0.25) is 0 Å². The highest BCUT2D eigenvalue weighted by Gasteiger charge is 1.97. The fourth-order valence-corrected chi connectivity index (χ4v) is 0.764. The Bertz CT molecular complexity index is 258. The monoisotopic (exact) mass is 151 g/mol. The number of hydrogen-bond acceptors (Lipinski definition) is 4. The number of tetrazole rings is 1. The summed E-state index contributed by atoms with van der Waals surface area (Å²) in [6, 6.07) is 2.07. The van der Waals surface area contributed by atoms with E-state index in [0.717, 1.165) is 18.8 Å². The number of nitrogens with zero attached hydrogens (tertiary/aromatic N) is 5. The van der Waals surface area contributed by atoms with Crippen molar-refractivity contribution in [3.8, 4) is 6.07 Å². The molecule has 1 heterocycles. The van der Waals surface area contributed by atoms with E-state index in [2.05, 4.69) is 21.6 Å². The van der Waals surface area contributed by atoms with Crippen LogP contribution in [-0.4, -0.2) is 20.2 Å². The summed E-state index contributed by atoms with van der Waals surface area (Å²) in [6.45, 7) is 2.57. The molecule has 1 aromatic heterocycles. The van der Waals surface area contributed by atoms with Crippen molar-refractivity contribution in [2.45, 2.75) is 26.3 Å². The van der Waals surface area contributed by atoms with Gasteiger partial charge in [-0.15, -0.1) is 5.10 Å². The Morgan fingerprint density at radius 2 is 2.45 bits per heavy atom. The Morgan fingerprint density at radius 3 is 3.00 bits per heavy atom. The molecule has 0 bridgehead atoms. The molecule has 0 amide bonds. The van der Waals surface area contributed by atoms with Gasteiger partial charge < -0.3 is 0 Å². The summed E-state index contributed by atoms with van der Waals surface area (Å²) in [5, 5.41) is 19.2. The predicted molar refractivity (Wildman–Crippen MR) is 37.4 cm³/mol. The maximum Gasteiger partial charge on any atom is 0.148 e. The molecule has 11 heavy (non-hydrogen) atoms. The van der Waals surface area contributed by atoms with E-state index < -0.39 is 0 Å². The molecule has 1 rings (SSSR count). The zero-order chi connectivity index (χ0) is 8.10. The van der Waals surface area contributed by atoms with E-state index in [9.17, 15) is 0 Å². The van der Waals surface area contributed by atoms with Gasteiger partial charge in [-0.2, -0.15) is 5.26 Å². The molecule has 0 fully saturated rings. The van der Waals surface area contributed by atoms with Crippen LogP contribution in [0.15, 0.2) is 0 Å². The molecular weight excluding hydrogens is 142 g/mol. The first-order valence-corrected chi connectivity index (χ1v) is 3.44. The minimum atomic E-state index is 0.555. The molecule has 0 aromatic carbocycles. The quantitative estimate of drug-likeness (QED) is 0.582. The summed E-state index contributed by atoms with van der Waals surface area (Å²) >= 11 is 0. The summed E-state index contributed by atoms with van der Waals surface area (Å²) in [5.74, 6) is 0.794. The summed E-state index contributed by atoms with van der Waals surface area (Å²) < 4.78 is 1.69. The summed E-state index contributed by atoms with van der Waals surface area (Å²) in [7, 11) is 0. The third kappa shape index (κ3) is 2.00. The lowest BCUT2D eigenvalue weighted by molar-refractivity contribution is 0.552. The van der Waals surface area contributed by atoms with Gasteiger partial charge in [0, 0.05) is 13.0 Å². The highest BCUT2D eigenvalue weighted by Crippen LogP contribution is 1.93. The first-order valence-electron chi connectivity index (χ1n) is 3.44. The third-order valence-electron chi connectivity index (χ3n) is 1.37. The lowest BCUT2D eigenvalue weighted by Crippen LogP contribution is -2.02. The van der Waals surface area contributed by atoms with Crippen LogP contribution in [0.25, 0.3) is 0 Å². The van der Waals surface area contributed by atoms with Gasteiger partial charge >= 0.3 is 0 Å². The molecule has 0 saturated heterocycles. The molecule has 0 aliphatic rings. The number of nitriles is 1. The van der Waals surface area contributed by atoms with Crippen molar-refractivity contribution >= 4 is 0 Å². The van der Waals surface area contributed by atoms with Gasteiger partial charge in [0.25, 0.3) is 0 Å². The van der Waals surface area contributed by atoms with E-state index in [1.54, 1.807) is 4.68 Å². The molecule has 0 unspecified atom stereocenters. The molecule has 0 radical (unpaired) electrons. The Kier molecular flexibility index (Phi) is 2.55. The van der Waals surface area contributed by atoms with Crippen LogP contribution in [0, 0.1) is 18.3 Å². The minimum absolute atomic E-state index is 0.555. The van der Waals surface area contributed by atoms with Crippen molar-refractivity contribution in [2.75, 3.05) is 0 Å². The topological polar surface area (TPSA) is 67.4 Å². The zero-order valence-corrected chi connectivity index (χ0v) is 6.36. The second-order valence-corrected chi connectivity index (χ2v) is 2.21. The van der Waals surface area contributed by atoms with E-state index in [1.807, 2.05) is 6.92 Å². The molecule has 0 N–H and O–H groups in total. The van der Waals surface area contributed by atoms with E-state index in [0.29, 0.717) is 6.42 Å². The number of hydrogen-bond donors (Lipinski definition) is 0. The molecule has 5 heteroatoms. The Balaban J connectivity index is 2.40. The second-order valence-electron chi connectivity index (χ2n) is 2.21. The van der Waals surface area contributed by atoms with Crippen LogP contribution in [0.4, 0.5) is 0 Å². The number of rotatable bonds is 3. The Hall–Kier alpha value is -1.44. The fraction of sp³-hybridized carbons (Fsp3) is 0.667. The Labute approximate surface area is 64.6 Å². The zero-order valence-electron chi connectivity index (χ0n) is 6.36. The summed E-state index contributed by atoms with van der Waals surface area (Å²) in [6.07, 6.45) is 1.36. The molecule has 58 valence electrons. The van der Waals surface area contributed by atoms with Gasteiger partial charge in [0.05, 0.1) is 6.07 Å². The van der Waals surface area contributed by atoms with Gasteiger partial charge in [-0.05, 0) is 23.8 Å². The van der Waals surface area contributed by atoms with Gasteiger partial charge in [0.1, 0.15) is 5.82 Å². The normalized spacial score (nSPS) is 9.45. The molecule has 0 aliphatic carbocycles. The van der Waals surface area contributed by atoms with Gasteiger partial charge in [-0.1, -0.05) is 0 Å². The average molecular weight is 151 g/mol. The lowest BCUT2D eigenvalue weighted by atomic mass is 10.3. The molecule has 0 atom stereocenters. The Morgan fingerprint density at radius 1 is 1.64 bits per heavy atom. The van der Waals surface area contributed by atoms with E-state index >= 15 is 0 Å². The molecule has 0 saturated carbocycles. The van der Waals surface area contributed by atoms with Crippen LogP contribution < -0.4 is 0 Å². The fourth-order valence-electron chi connectivity index (χ4n) is 0.764. The highest BCUT2D eigenvalue weighted by atomic mass is 15.5. The van der Waals surface area contributed by atoms with Crippen LogP contribution in [0.1, 0.15) is 18.7 Å². The van der Waals surface area contributed by atoms with Crippen LogP contribution in [0.3, 0.4) is 0 Å². The van der Waals surface area contributed by atoms with Crippen molar-refractivity contribution in [1.29, 1.82) is 5.26 Å². The molecule has 1 aromatic rings. The van der Waals surface area contributed by atoms with E-state index in [1.165, 1.54) is 0 Å². The first-order chi connectivity index (χ1) is 5.34. The van der Waals surface area contributed by atoms with Gasteiger partial charge in [0.2, 0.25) is 0 Å². The largest absolute Gasteiger partial charge is 0.230 e. The maximum absolute atomic E-state index is 8.25. The van der Waals surface area contributed by atoms with Crippen molar-refractivity contribution < 1.29 is 0 Å². The van der Waals surface area contributed by atoms with Crippen LogP contribution in [-0.2, 0) is 6.54 Å². The lowest BCUT2D eigenvalue weighted by Gasteiger charge is -1.96. The standard InChI is InChI=1S/C6H9N5/c1-6-8-9-10-11(6)5-3-2-4-7/h2-3,5H2,1H3. The van der Waals surface area contributed by atoms with E-state index in [4.69, 9.17) is 5.26 Å². The van der Waals surface area contributed by atoms with Crippen molar-refractivity contribution in [1.82, 2.24) is 20.2 Å². The molecular formula is C6H9N5.